The van der Waals surface area contributed by atoms with E-state index < -0.39 is 5.92 Å². The van der Waals surface area contributed by atoms with E-state index in [0.717, 1.165) is 0 Å². The second-order valence-electron chi connectivity index (χ2n) is 4.26. The van der Waals surface area contributed by atoms with Gasteiger partial charge in [0, 0.05) is 13.0 Å². The Hall–Kier alpha value is -2.51. The van der Waals surface area contributed by atoms with Crippen molar-refractivity contribution in [2.45, 2.75) is 6.42 Å². The smallest absolute Gasteiger partial charge is 0.311 e. The van der Waals surface area contributed by atoms with Crippen molar-refractivity contribution in [2.75, 3.05) is 18.6 Å². The average Bonchev–Trinajstić information content (AvgIpc) is 3.03. The quantitative estimate of drug-likeness (QED) is 0.756. The zero-order valence-corrected chi connectivity index (χ0v) is 10.2. The van der Waals surface area contributed by atoms with Crippen molar-refractivity contribution in [2.24, 2.45) is 5.92 Å². The fraction of sp³-hybridized carbons (Fsp3) is 0.364. The Labute approximate surface area is 107 Å². The Bertz CT molecular complexity index is 653. The number of methoxy groups -OCH3 is 1. The standard InChI is InChI=1S/C11H11N5O3/c1-19-11(18)6-2-8(17)16(4-6)10-7-3-14-15-9(7)12-5-13-10/h3,5-6H,2,4H2,1H3,(H,12,13,14,15). The van der Waals surface area contributed by atoms with Gasteiger partial charge >= 0.3 is 5.97 Å². The molecule has 1 N–H and O–H groups in total. The molecule has 98 valence electrons. The molecule has 1 saturated heterocycles. The maximum atomic E-state index is 12.0. The molecule has 0 aromatic carbocycles. The summed E-state index contributed by atoms with van der Waals surface area (Å²) < 4.78 is 4.67. The van der Waals surface area contributed by atoms with Crippen molar-refractivity contribution >= 4 is 28.7 Å². The SMILES string of the molecule is COC(=O)C1CC(=O)N(c2ncnc3[nH]ncc23)C1. The van der Waals surface area contributed by atoms with Crippen molar-refractivity contribution in [1.82, 2.24) is 20.2 Å². The predicted octanol–water partition coefficient (Wildman–Crippen LogP) is -0.121. The molecule has 3 heterocycles. The Kier molecular flexibility index (Phi) is 2.62. The number of aromatic amines is 1. The molecule has 8 heteroatoms. The third kappa shape index (κ3) is 1.81. The first-order valence-corrected chi connectivity index (χ1v) is 5.73. The predicted molar refractivity (Wildman–Crippen MR) is 64.2 cm³/mol. The molecule has 3 rings (SSSR count). The minimum absolute atomic E-state index is 0.135. The second-order valence-corrected chi connectivity index (χ2v) is 4.26. The number of fused-ring (bicyclic) bond motifs is 1. The highest BCUT2D eigenvalue weighted by atomic mass is 16.5. The van der Waals surface area contributed by atoms with Crippen LogP contribution in [-0.4, -0.2) is 45.7 Å². The van der Waals surface area contributed by atoms with Gasteiger partial charge in [0.25, 0.3) is 0 Å². The van der Waals surface area contributed by atoms with Gasteiger partial charge in [0.15, 0.2) is 5.65 Å². The van der Waals surface area contributed by atoms with Gasteiger partial charge in [-0.3, -0.25) is 19.6 Å². The Morgan fingerprint density at radius 2 is 2.37 bits per heavy atom. The molecule has 19 heavy (non-hydrogen) atoms. The molecule has 0 aliphatic carbocycles. The van der Waals surface area contributed by atoms with Crippen LogP contribution < -0.4 is 4.90 Å². The summed E-state index contributed by atoms with van der Waals surface area (Å²) in [5.41, 5.74) is 0.555. The molecule has 2 aromatic rings. The monoisotopic (exact) mass is 261 g/mol. The number of ether oxygens (including phenoxy) is 1. The number of carbonyl (C=O) groups excluding carboxylic acids is 2. The number of carbonyl (C=O) groups is 2. The number of amides is 1. The molecule has 1 unspecified atom stereocenters. The Morgan fingerprint density at radius 3 is 3.16 bits per heavy atom. The Balaban J connectivity index is 1.96. The number of nitrogens with one attached hydrogen (secondary N) is 1. The lowest BCUT2D eigenvalue weighted by Gasteiger charge is -2.15. The van der Waals surface area contributed by atoms with Crippen LogP contribution in [0.15, 0.2) is 12.5 Å². The summed E-state index contributed by atoms with van der Waals surface area (Å²) in [4.78, 5) is 33.1. The van der Waals surface area contributed by atoms with Gasteiger partial charge in [-0.1, -0.05) is 0 Å². The van der Waals surface area contributed by atoms with Gasteiger partial charge in [0.2, 0.25) is 5.91 Å². The van der Waals surface area contributed by atoms with Crippen LogP contribution in [0.1, 0.15) is 6.42 Å². The van der Waals surface area contributed by atoms with Gasteiger partial charge in [-0.2, -0.15) is 5.10 Å². The highest BCUT2D eigenvalue weighted by Crippen LogP contribution is 2.28. The molecule has 1 fully saturated rings. The summed E-state index contributed by atoms with van der Waals surface area (Å²) >= 11 is 0. The lowest BCUT2D eigenvalue weighted by atomic mass is 10.1. The summed E-state index contributed by atoms with van der Waals surface area (Å²) in [6.45, 7) is 0.267. The van der Waals surface area contributed by atoms with E-state index in [1.807, 2.05) is 0 Å². The van der Waals surface area contributed by atoms with Gasteiger partial charge in [-0.15, -0.1) is 0 Å². The third-order valence-electron chi connectivity index (χ3n) is 3.14. The van der Waals surface area contributed by atoms with Crippen molar-refractivity contribution in [3.8, 4) is 0 Å². The van der Waals surface area contributed by atoms with E-state index in [1.54, 1.807) is 6.20 Å². The van der Waals surface area contributed by atoms with Crippen LogP contribution in [0.25, 0.3) is 11.0 Å². The molecule has 1 atom stereocenters. The summed E-state index contributed by atoms with van der Waals surface area (Å²) in [6.07, 6.45) is 3.05. The van der Waals surface area contributed by atoms with Gasteiger partial charge in [0.05, 0.1) is 24.6 Å². The summed E-state index contributed by atoms with van der Waals surface area (Å²) in [5, 5.41) is 7.24. The molecular weight excluding hydrogens is 250 g/mol. The summed E-state index contributed by atoms with van der Waals surface area (Å²) in [6, 6.07) is 0. The van der Waals surface area contributed by atoms with Crippen LogP contribution in [0.5, 0.6) is 0 Å². The van der Waals surface area contributed by atoms with Crippen LogP contribution in [0.4, 0.5) is 5.82 Å². The molecule has 0 saturated carbocycles. The molecule has 0 spiro atoms. The zero-order chi connectivity index (χ0) is 13.4. The van der Waals surface area contributed by atoms with E-state index >= 15 is 0 Å². The zero-order valence-electron chi connectivity index (χ0n) is 10.2. The highest BCUT2D eigenvalue weighted by molar-refractivity contribution is 6.03. The van der Waals surface area contributed by atoms with Crippen molar-refractivity contribution < 1.29 is 14.3 Å². The summed E-state index contributed by atoms with van der Waals surface area (Å²) in [5.74, 6) is -0.519. The van der Waals surface area contributed by atoms with E-state index in [1.165, 1.54) is 18.3 Å². The van der Waals surface area contributed by atoms with Gasteiger partial charge in [0.1, 0.15) is 12.1 Å². The van der Waals surface area contributed by atoms with Crippen LogP contribution in [0.2, 0.25) is 0 Å². The third-order valence-corrected chi connectivity index (χ3v) is 3.14. The normalized spacial score (nSPS) is 19.1. The maximum Gasteiger partial charge on any atom is 0.311 e. The van der Waals surface area contributed by atoms with E-state index in [-0.39, 0.29) is 24.8 Å². The first-order chi connectivity index (χ1) is 9.20. The molecule has 1 aliphatic heterocycles. The molecule has 2 aromatic heterocycles. The molecule has 0 radical (unpaired) electrons. The maximum absolute atomic E-state index is 12.0. The van der Waals surface area contributed by atoms with E-state index in [4.69, 9.17) is 0 Å². The molecular formula is C11H11N5O3. The molecule has 0 bridgehead atoms. The molecule has 8 nitrogen and oxygen atoms in total. The molecule has 1 aliphatic rings. The van der Waals surface area contributed by atoms with Crippen LogP contribution >= 0.6 is 0 Å². The fourth-order valence-electron chi connectivity index (χ4n) is 2.20. The molecule has 1 amide bonds. The lowest BCUT2D eigenvalue weighted by molar-refractivity contribution is -0.145. The van der Waals surface area contributed by atoms with E-state index in [9.17, 15) is 9.59 Å². The minimum Gasteiger partial charge on any atom is -0.469 e. The first-order valence-electron chi connectivity index (χ1n) is 5.73. The van der Waals surface area contributed by atoms with Crippen LogP contribution in [0.3, 0.4) is 0 Å². The summed E-state index contributed by atoms with van der Waals surface area (Å²) in [7, 11) is 1.31. The largest absolute Gasteiger partial charge is 0.469 e. The second kappa shape index (κ2) is 4.30. The lowest BCUT2D eigenvalue weighted by Crippen LogP contribution is -2.27. The van der Waals surface area contributed by atoms with Crippen molar-refractivity contribution in [3.63, 3.8) is 0 Å². The fourth-order valence-corrected chi connectivity index (χ4v) is 2.20. The van der Waals surface area contributed by atoms with E-state index in [2.05, 4.69) is 24.9 Å². The van der Waals surface area contributed by atoms with Crippen LogP contribution in [0, 0.1) is 5.92 Å². The highest BCUT2D eigenvalue weighted by Gasteiger charge is 2.37. The number of rotatable bonds is 2. The number of hydrogen-bond acceptors (Lipinski definition) is 6. The number of H-pyrrole nitrogens is 1. The van der Waals surface area contributed by atoms with Crippen LogP contribution in [-0.2, 0) is 14.3 Å². The van der Waals surface area contributed by atoms with Crippen molar-refractivity contribution in [3.05, 3.63) is 12.5 Å². The van der Waals surface area contributed by atoms with Gasteiger partial charge < -0.3 is 4.74 Å². The average molecular weight is 261 g/mol. The minimum atomic E-state index is -0.450. The first kappa shape index (κ1) is 11.6. The number of nitrogens with zero attached hydrogens (tertiary/aromatic N) is 4. The van der Waals surface area contributed by atoms with Crippen molar-refractivity contribution in [1.29, 1.82) is 0 Å². The number of hydrogen-bond donors (Lipinski definition) is 1. The van der Waals surface area contributed by atoms with Gasteiger partial charge in [-0.25, -0.2) is 9.97 Å². The number of anilines is 1. The van der Waals surface area contributed by atoms with Gasteiger partial charge in [-0.05, 0) is 0 Å². The topological polar surface area (TPSA) is 101 Å². The number of esters is 1. The number of aromatic nitrogens is 4. The Morgan fingerprint density at radius 1 is 1.53 bits per heavy atom. The van der Waals surface area contributed by atoms with E-state index in [0.29, 0.717) is 16.9 Å².